The number of pyridine rings is 1. The number of aliphatic carboxylic acids is 1. The number of fused-ring (bicyclic) bond motifs is 4. The van der Waals surface area contributed by atoms with Crippen LogP contribution in [-0.4, -0.2) is 46.5 Å². The van der Waals surface area contributed by atoms with Crippen molar-refractivity contribution in [1.82, 2.24) is 4.98 Å². The first-order valence-corrected chi connectivity index (χ1v) is 17.0. The molecule has 1 fully saturated rings. The quantitative estimate of drug-likeness (QED) is 0.231. The lowest BCUT2D eigenvalue weighted by Crippen LogP contribution is -2.53. The number of carbonyl (C=O) groups is 1. The Labute approximate surface area is 275 Å². The van der Waals surface area contributed by atoms with Crippen molar-refractivity contribution in [2.24, 2.45) is 11.8 Å². The molecule has 0 saturated heterocycles. The van der Waals surface area contributed by atoms with E-state index in [-0.39, 0.29) is 17.3 Å². The molecule has 3 aromatic rings. The summed E-state index contributed by atoms with van der Waals surface area (Å²) in [5.74, 6) is 2.43. The minimum Gasteiger partial charge on any atom is -0.493 e. The molecule has 1 saturated carbocycles. The number of hydrogen-bond donors (Lipinski definition) is 3. The van der Waals surface area contributed by atoms with Crippen molar-refractivity contribution in [3.63, 3.8) is 0 Å². The van der Waals surface area contributed by atoms with E-state index in [2.05, 4.69) is 36.3 Å². The average Bonchev–Trinajstić information content (AvgIpc) is 3.32. The highest BCUT2D eigenvalue weighted by atomic mass is 35.5. The summed E-state index contributed by atoms with van der Waals surface area (Å²) in [6.45, 7) is 6.04. The van der Waals surface area contributed by atoms with Gasteiger partial charge in [-0.05, 0) is 122 Å². The van der Waals surface area contributed by atoms with Crippen molar-refractivity contribution in [3.05, 3.63) is 76.1 Å². The molecule has 2 aromatic carbocycles. The van der Waals surface area contributed by atoms with Crippen LogP contribution in [0, 0.1) is 11.8 Å². The number of aromatic nitrogens is 1. The Hall–Kier alpha value is -3.49. The maximum atomic E-state index is 12.9. The summed E-state index contributed by atoms with van der Waals surface area (Å²) >= 11 is 6.25. The fourth-order valence-electron chi connectivity index (χ4n) is 8.62. The number of benzene rings is 2. The molecular formula is C37H43ClN2O6. The van der Waals surface area contributed by atoms with Gasteiger partial charge >= 0.3 is 5.97 Å². The number of aliphatic hydroxyl groups is 1. The van der Waals surface area contributed by atoms with E-state index in [9.17, 15) is 15.0 Å². The standard InChI is InChI=1S/C37H43ClN2O6/c1-22(21-46-30-8-13-39-34-29(41)7-6-23(2)33(30)34)16-25-17-24-18-31-32(45-15-14-44-31)20-28(24)36(25)9-11-37(12-10-36,35(42)43)40-27-5-3-4-26(38)19-27/h3-5,8,13,18-20,22-23,25,29,40-41H,6-7,9-12,14-17,21H2,1-2H3,(H,42,43)/t22-,23-,25?,29-,36?,37?/m1/s1. The van der Waals surface area contributed by atoms with Gasteiger partial charge in [0.2, 0.25) is 0 Å². The molecule has 1 unspecified atom stereocenters. The highest BCUT2D eigenvalue weighted by molar-refractivity contribution is 6.30. The molecule has 9 heteroatoms. The number of aliphatic hydroxyl groups excluding tert-OH is 1. The second-order valence-electron chi connectivity index (χ2n) is 14.0. The summed E-state index contributed by atoms with van der Waals surface area (Å²) in [5, 5.41) is 25.0. The summed E-state index contributed by atoms with van der Waals surface area (Å²) in [6.07, 6.45) is 7.15. The van der Waals surface area contributed by atoms with Crippen LogP contribution in [0.5, 0.6) is 17.2 Å². The second-order valence-corrected chi connectivity index (χ2v) is 14.4. The van der Waals surface area contributed by atoms with Crippen LogP contribution in [0.25, 0.3) is 0 Å². The molecule has 8 nitrogen and oxygen atoms in total. The third kappa shape index (κ3) is 5.57. The minimum atomic E-state index is -1.08. The topological polar surface area (TPSA) is 110 Å². The number of carboxylic acids is 1. The van der Waals surface area contributed by atoms with E-state index in [0.717, 1.165) is 72.7 Å². The molecule has 4 atom stereocenters. The maximum Gasteiger partial charge on any atom is 0.329 e. The summed E-state index contributed by atoms with van der Waals surface area (Å²) < 4.78 is 18.5. The van der Waals surface area contributed by atoms with Gasteiger partial charge < -0.3 is 29.7 Å². The van der Waals surface area contributed by atoms with Crippen LogP contribution in [0.4, 0.5) is 5.69 Å². The molecule has 3 N–H and O–H groups in total. The lowest BCUT2D eigenvalue weighted by Gasteiger charge is -2.47. The number of rotatable bonds is 8. The Kier molecular flexibility index (Phi) is 8.30. The zero-order chi connectivity index (χ0) is 32.1. The molecule has 1 aliphatic heterocycles. The van der Waals surface area contributed by atoms with Gasteiger partial charge in [0.25, 0.3) is 0 Å². The predicted octanol–water partition coefficient (Wildman–Crippen LogP) is 7.46. The third-order valence-corrected chi connectivity index (χ3v) is 11.3. The maximum absolute atomic E-state index is 12.9. The molecule has 2 heterocycles. The summed E-state index contributed by atoms with van der Waals surface area (Å²) in [5.41, 5.74) is 3.81. The number of nitrogens with one attached hydrogen (secondary N) is 1. The van der Waals surface area contributed by atoms with Crippen LogP contribution in [0.2, 0.25) is 5.02 Å². The molecule has 46 heavy (non-hydrogen) atoms. The van der Waals surface area contributed by atoms with Crippen LogP contribution < -0.4 is 19.5 Å². The summed E-state index contributed by atoms with van der Waals surface area (Å²) in [4.78, 5) is 17.3. The Morgan fingerprint density at radius 1 is 1.11 bits per heavy atom. The van der Waals surface area contributed by atoms with Crippen LogP contribution in [0.1, 0.15) is 93.2 Å². The van der Waals surface area contributed by atoms with Crippen LogP contribution in [-0.2, 0) is 16.6 Å². The largest absolute Gasteiger partial charge is 0.493 e. The van der Waals surface area contributed by atoms with Gasteiger partial charge in [0, 0.05) is 22.5 Å². The van der Waals surface area contributed by atoms with Crippen molar-refractivity contribution >= 4 is 23.3 Å². The second kappa shape index (κ2) is 12.3. The van der Waals surface area contributed by atoms with E-state index in [1.807, 2.05) is 18.2 Å². The molecule has 0 bridgehead atoms. The van der Waals surface area contributed by atoms with Crippen molar-refractivity contribution < 1.29 is 29.2 Å². The summed E-state index contributed by atoms with van der Waals surface area (Å²) in [6, 6.07) is 13.6. The molecule has 3 aliphatic carbocycles. The number of nitrogens with zero attached hydrogens (tertiary/aromatic N) is 1. The highest BCUT2D eigenvalue weighted by Crippen LogP contribution is 2.58. The minimum absolute atomic E-state index is 0.178. The summed E-state index contributed by atoms with van der Waals surface area (Å²) in [7, 11) is 0. The van der Waals surface area contributed by atoms with E-state index in [4.69, 9.17) is 25.8 Å². The fourth-order valence-corrected chi connectivity index (χ4v) is 8.81. The first-order chi connectivity index (χ1) is 22.2. The number of anilines is 1. The zero-order valence-corrected chi connectivity index (χ0v) is 27.3. The first kappa shape index (κ1) is 31.1. The number of hydrogen-bond acceptors (Lipinski definition) is 7. The number of carboxylic acid groups (broad SMARTS) is 1. The molecule has 1 spiro atoms. The predicted molar refractivity (Wildman–Crippen MR) is 176 cm³/mol. The average molecular weight is 647 g/mol. The van der Waals surface area contributed by atoms with Crippen LogP contribution in [0.3, 0.4) is 0 Å². The van der Waals surface area contributed by atoms with Crippen molar-refractivity contribution in [2.75, 3.05) is 25.1 Å². The molecular weight excluding hydrogens is 604 g/mol. The molecule has 1 aromatic heterocycles. The van der Waals surface area contributed by atoms with Crippen molar-refractivity contribution in [1.29, 1.82) is 0 Å². The van der Waals surface area contributed by atoms with Gasteiger partial charge in [-0.15, -0.1) is 0 Å². The van der Waals surface area contributed by atoms with Gasteiger partial charge in [-0.1, -0.05) is 31.5 Å². The van der Waals surface area contributed by atoms with Crippen molar-refractivity contribution in [2.45, 2.75) is 88.2 Å². The van der Waals surface area contributed by atoms with Gasteiger partial charge in [0.1, 0.15) is 24.5 Å². The van der Waals surface area contributed by atoms with Gasteiger partial charge in [0.05, 0.1) is 18.4 Å². The molecule has 0 radical (unpaired) electrons. The van der Waals surface area contributed by atoms with E-state index in [1.165, 1.54) is 11.1 Å². The van der Waals surface area contributed by atoms with Crippen molar-refractivity contribution in [3.8, 4) is 17.2 Å². The van der Waals surface area contributed by atoms with Crippen LogP contribution in [0.15, 0.2) is 48.7 Å². The van der Waals surface area contributed by atoms with Gasteiger partial charge in [0.15, 0.2) is 11.5 Å². The highest BCUT2D eigenvalue weighted by Gasteiger charge is 2.54. The number of halogens is 1. The molecule has 7 rings (SSSR count). The lowest BCUT2D eigenvalue weighted by molar-refractivity contribution is -0.144. The SMILES string of the molecule is C[C@@H](COc1ccnc2c1[C@H](C)CC[C@H]2O)CC1Cc2cc3c(cc2C12CCC(Nc1cccc(Cl)c1)(C(=O)O)CC2)OCCO3. The van der Waals surface area contributed by atoms with Gasteiger partial charge in [-0.3, -0.25) is 4.98 Å². The third-order valence-electron chi connectivity index (χ3n) is 11.0. The number of ether oxygens (including phenoxy) is 3. The monoisotopic (exact) mass is 646 g/mol. The Morgan fingerprint density at radius 2 is 1.87 bits per heavy atom. The zero-order valence-electron chi connectivity index (χ0n) is 26.6. The van der Waals surface area contributed by atoms with Gasteiger partial charge in [-0.25, -0.2) is 4.79 Å². The Bertz CT molecular complexity index is 1620. The molecule has 0 amide bonds. The van der Waals surface area contributed by atoms with E-state index in [0.29, 0.717) is 43.6 Å². The van der Waals surface area contributed by atoms with Crippen LogP contribution >= 0.6 is 11.6 Å². The molecule has 4 aliphatic rings. The Morgan fingerprint density at radius 3 is 2.61 bits per heavy atom. The molecule has 244 valence electrons. The lowest BCUT2D eigenvalue weighted by atomic mass is 9.59. The first-order valence-electron chi connectivity index (χ1n) is 16.7. The Balaban J connectivity index is 1.14. The smallest absolute Gasteiger partial charge is 0.329 e. The normalized spacial score (nSPS) is 28.7. The van der Waals surface area contributed by atoms with E-state index in [1.54, 1.807) is 18.3 Å². The fraction of sp³-hybridized carbons (Fsp3) is 0.514. The van der Waals surface area contributed by atoms with Gasteiger partial charge in [-0.2, -0.15) is 0 Å². The van der Waals surface area contributed by atoms with E-state index >= 15 is 0 Å². The van der Waals surface area contributed by atoms with E-state index < -0.39 is 17.6 Å².